The fourth-order valence-electron chi connectivity index (χ4n) is 2.27. The number of hydrogen-bond acceptors (Lipinski definition) is 1. The van der Waals surface area contributed by atoms with Crippen LogP contribution in [0.25, 0.3) is 0 Å². The molecular weight excluding hydrogens is 258 g/mol. The molecule has 1 N–H and O–H groups in total. The van der Waals surface area contributed by atoms with Crippen molar-refractivity contribution in [1.82, 2.24) is 5.32 Å². The summed E-state index contributed by atoms with van der Waals surface area (Å²) in [5.41, 5.74) is -1.03. The Balaban J connectivity index is 2.32. The molecule has 1 aliphatic rings. The first-order valence-electron chi connectivity index (χ1n) is 6.54. The second kappa shape index (κ2) is 5.49. The lowest BCUT2D eigenvalue weighted by molar-refractivity contribution is -0.140. The molecule has 2 rings (SSSR count). The van der Waals surface area contributed by atoms with Gasteiger partial charge in [0.05, 0.1) is 5.56 Å². The highest BCUT2D eigenvalue weighted by atomic mass is 19.4. The van der Waals surface area contributed by atoms with Gasteiger partial charge >= 0.3 is 6.18 Å². The third kappa shape index (κ3) is 3.26. The highest BCUT2D eigenvalue weighted by molar-refractivity contribution is 5.31. The van der Waals surface area contributed by atoms with E-state index in [1.807, 2.05) is 6.92 Å². The fourth-order valence-corrected chi connectivity index (χ4v) is 2.27. The summed E-state index contributed by atoms with van der Waals surface area (Å²) in [4.78, 5) is 0. The van der Waals surface area contributed by atoms with Gasteiger partial charge in [-0.05, 0) is 37.8 Å². The second-order valence-corrected chi connectivity index (χ2v) is 4.98. The van der Waals surface area contributed by atoms with Crippen LogP contribution >= 0.6 is 0 Å². The maximum Gasteiger partial charge on any atom is 0.419 e. The molecule has 0 aliphatic heterocycles. The average molecular weight is 275 g/mol. The number of rotatable bonds is 5. The topological polar surface area (TPSA) is 12.0 Å². The molecule has 0 saturated heterocycles. The van der Waals surface area contributed by atoms with E-state index in [0.717, 1.165) is 25.3 Å². The number of hydrogen-bond donors (Lipinski definition) is 1. The lowest BCUT2D eigenvalue weighted by Gasteiger charge is -2.21. The van der Waals surface area contributed by atoms with Crippen LogP contribution in [0.2, 0.25) is 0 Å². The number of halogens is 4. The van der Waals surface area contributed by atoms with Gasteiger partial charge < -0.3 is 5.32 Å². The summed E-state index contributed by atoms with van der Waals surface area (Å²) >= 11 is 0. The van der Waals surface area contributed by atoms with Crippen molar-refractivity contribution in [2.75, 3.05) is 6.54 Å². The van der Waals surface area contributed by atoms with Gasteiger partial charge in [0.1, 0.15) is 5.82 Å². The summed E-state index contributed by atoms with van der Waals surface area (Å²) in [5.74, 6) is -0.875. The summed E-state index contributed by atoms with van der Waals surface area (Å²) < 4.78 is 52.2. The third-order valence-corrected chi connectivity index (χ3v) is 3.38. The van der Waals surface area contributed by atoms with Gasteiger partial charge in [0.25, 0.3) is 0 Å². The van der Waals surface area contributed by atoms with Crippen molar-refractivity contribution < 1.29 is 17.6 Å². The molecule has 1 unspecified atom stereocenters. The van der Waals surface area contributed by atoms with E-state index in [-0.39, 0.29) is 17.5 Å². The van der Waals surface area contributed by atoms with Crippen LogP contribution in [0.3, 0.4) is 0 Å². The lowest BCUT2D eigenvalue weighted by Crippen LogP contribution is -2.25. The van der Waals surface area contributed by atoms with E-state index in [4.69, 9.17) is 0 Å². The Morgan fingerprint density at radius 1 is 1.32 bits per heavy atom. The van der Waals surface area contributed by atoms with Gasteiger partial charge in [0.15, 0.2) is 0 Å². The summed E-state index contributed by atoms with van der Waals surface area (Å²) in [6.07, 6.45) is -1.89. The van der Waals surface area contributed by atoms with Gasteiger partial charge in [-0.2, -0.15) is 13.2 Å². The largest absolute Gasteiger partial charge is 0.419 e. The van der Waals surface area contributed by atoms with Crippen LogP contribution in [0.5, 0.6) is 0 Å². The van der Waals surface area contributed by atoms with Crippen LogP contribution in [-0.4, -0.2) is 6.54 Å². The smallest absolute Gasteiger partial charge is 0.310 e. The maximum atomic E-state index is 14.1. The van der Waals surface area contributed by atoms with Crippen molar-refractivity contribution in [2.45, 2.75) is 38.4 Å². The van der Waals surface area contributed by atoms with E-state index in [1.165, 1.54) is 12.1 Å². The lowest BCUT2D eigenvalue weighted by atomic mass is 9.98. The minimum Gasteiger partial charge on any atom is -0.310 e. The molecule has 0 aromatic heterocycles. The molecule has 19 heavy (non-hydrogen) atoms. The first-order chi connectivity index (χ1) is 8.95. The summed E-state index contributed by atoms with van der Waals surface area (Å²) in [6, 6.07) is 3.23. The van der Waals surface area contributed by atoms with Crippen molar-refractivity contribution in [2.24, 2.45) is 5.92 Å². The molecule has 1 fully saturated rings. The zero-order valence-corrected chi connectivity index (χ0v) is 10.7. The van der Waals surface area contributed by atoms with Crippen molar-refractivity contribution in [1.29, 1.82) is 0 Å². The molecule has 0 spiro atoms. The Labute approximate surface area is 110 Å². The molecule has 1 saturated carbocycles. The molecule has 1 atom stereocenters. The van der Waals surface area contributed by atoms with Crippen LogP contribution in [0.15, 0.2) is 18.2 Å². The van der Waals surface area contributed by atoms with Crippen LogP contribution < -0.4 is 5.32 Å². The molecule has 5 heteroatoms. The van der Waals surface area contributed by atoms with E-state index in [0.29, 0.717) is 6.54 Å². The Morgan fingerprint density at radius 2 is 2.00 bits per heavy atom. The SMILES string of the molecule is CCCNC(c1cccc(C(F)(F)F)c1F)C1CC1. The van der Waals surface area contributed by atoms with Crippen molar-refractivity contribution in [3.63, 3.8) is 0 Å². The van der Waals surface area contributed by atoms with Crippen LogP contribution in [0.4, 0.5) is 17.6 Å². The van der Waals surface area contributed by atoms with E-state index in [1.54, 1.807) is 0 Å². The molecule has 106 valence electrons. The summed E-state index contributed by atoms with van der Waals surface area (Å²) in [7, 11) is 0. The minimum absolute atomic E-state index is 0.144. The fraction of sp³-hybridized carbons (Fsp3) is 0.571. The van der Waals surface area contributed by atoms with Crippen LogP contribution in [0, 0.1) is 11.7 Å². The van der Waals surface area contributed by atoms with Crippen LogP contribution in [0.1, 0.15) is 43.4 Å². The molecule has 1 aromatic rings. The van der Waals surface area contributed by atoms with Gasteiger partial charge in [-0.15, -0.1) is 0 Å². The van der Waals surface area contributed by atoms with Gasteiger partial charge in [0, 0.05) is 11.6 Å². The Kier molecular flexibility index (Phi) is 4.13. The zero-order chi connectivity index (χ0) is 14.0. The van der Waals surface area contributed by atoms with Crippen molar-refractivity contribution in [3.05, 3.63) is 35.1 Å². The van der Waals surface area contributed by atoms with Gasteiger partial charge in [-0.1, -0.05) is 19.1 Å². The Bertz CT molecular complexity index is 438. The monoisotopic (exact) mass is 275 g/mol. The van der Waals surface area contributed by atoms with Gasteiger partial charge in [-0.25, -0.2) is 4.39 Å². The second-order valence-electron chi connectivity index (χ2n) is 4.98. The first-order valence-corrected chi connectivity index (χ1v) is 6.54. The van der Waals surface area contributed by atoms with Gasteiger partial charge in [0.2, 0.25) is 0 Å². The number of benzene rings is 1. The van der Waals surface area contributed by atoms with Crippen molar-refractivity contribution >= 4 is 0 Å². The van der Waals surface area contributed by atoms with E-state index in [9.17, 15) is 17.6 Å². The molecule has 1 nitrogen and oxygen atoms in total. The highest BCUT2D eigenvalue weighted by Gasteiger charge is 2.38. The van der Waals surface area contributed by atoms with Crippen LogP contribution in [-0.2, 0) is 6.18 Å². The molecule has 0 heterocycles. The molecular formula is C14H17F4N. The number of alkyl halides is 3. The molecule has 0 bridgehead atoms. The molecule has 1 aromatic carbocycles. The quantitative estimate of drug-likeness (QED) is 0.790. The summed E-state index contributed by atoms with van der Waals surface area (Å²) in [6.45, 7) is 2.65. The third-order valence-electron chi connectivity index (χ3n) is 3.38. The van der Waals surface area contributed by atoms with E-state index >= 15 is 0 Å². The minimum atomic E-state index is -4.64. The Hall–Kier alpha value is -1.10. The average Bonchev–Trinajstić information content (AvgIpc) is 3.14. The van der Waals surface area contributed by atoms with Gasteiger partial charge in [-0.3, -0.25) is 0 Å². The molecule has 0 radical (unpaired) electrons. The first kappa shape index (κ1) is 14.3. The standard InChI is InChI=1S/C14H17F4N/c1-2-8-19-13(9-6-7-9)10-4-3-5-11(12(10)15)14(16,17)18/h3-5,9,13,19H,2,6-8H2,1H3. The van der Waals surface area contributed by atoms with Crippen molar-refractivity contribution in [3.8, 4) is 0 Å². The predicted molar refractivity (Wildman–Crippen MR) is 65.2 cm³/mol. The molecule has 0 amide bonds. The number of nitrogens with one attached hydrogen (secondary N) is 1. The van der Waals surface area contributed by atoms with E-state index < -0.39 is 17.6 Å². The van der Waals surface area contributed by atoms with E-state index in [2.05, 4.69) is 5.32 Å². The highest BCUT2D eigenvalue weighted by Crippen LogP contribution is 2.43. The summed E-state index contributed by atoms with van der Waals surface area (Å²) in [5, 5.41) is 3.16. The zero-order valence-electron chi connectivity index (χ0n) is 10.7. The Morgan fingerprint density at radius 3 is 2.53 bits per heavy atom. The predicted octanol–water partition coefficient (Wildman–Crippen LogP) is 4.30. The normalized spacial score (nSPS) is 17.5. The maximum absolute atomic E-state index is 14.1. The molecule has 1 aliphatic carbocycles.